The summed E-state index contributed by atoms with van der Waals surface area (Å²) in [6, 6.07) is 5.71. The van der Waals surface area contributed by atoms with Gasteiger partial charge in [-0.25, -0.2) is 4.98 Å². The number of anilines is 1. The standard InChI is InChI=1S/C11H10N6/c12-5-9-1-2-10(13-6-9)16-3-4-17-8-14-15-11(17)7-16/h1-2,6,8H,3-4,7H2. The van der Waals surface area contributed by atoms with E-state index in [1.165, 1.54) is 0 Å². The zero-order valence-electron chi connectivity index (χ0n) is 9.11. The Bertz CT molecular complexity index is 564. The molecule has 6 nitrogen and oxygen atoms in total. The summed E-state index contributed by atoms with van der Waals surface area (Å²) in [4.78, 5) is 6.41. The number of hydrogen-bond donors (Lipinski definition) is 0. The van der Waals surface area contributed by atoms with Gasteiger partial charge in [-0.15, -0.1) is 10.2 Å². The van der Waals surface area contributed by atoms with Crippen LogP contribution >= 0.6 is 0 Å². The van der Waals surface area contributed by atoms with Crippen molar-refractivity contribution in [1.29, 1.82) is 5.26 Å². The van der Waals surface area contributed by atoms with Gasteiger partial charge in [0.1, 0.15) is 18.2 Å². The van der Waals surface area contributed by atoms with Gasteiger partial charge in [0.05, 0.1) is 12.1 Å². The van der Waals surface area contributed by atoms with Crippen LogP contribution in [0.15, 0.2) is 24.7 Å². The lowest BCUT2D eigenvalue weighted by atomic mass is 10.3. The second-order valence-electron chi connectivity index (χ2n) is 3.88. The molecule has 2 aromatic rings. The molecule has 0 radical (unpaired) electrons. The largest absolute Gasteiger partial charge is 0.347 e. The van der Waals surface area contributed by atoms with Crippen molar-refractivity contribution in [2.24, 2.45) is 0 Å². The Labute approximate surface area is 98.1 Å². The van der Waals surface area contributed by atoms with Crippen molar-refractivity contribution in [3.8, 4) is 6.07 Å². The SMILES string of the molecule is N#Cc1ccc(N2CCn3cnnc3C2)nc1. The molecule has 0 atom stereocenters. The van der Waals surface area contributed by atoms with E-state index in [0.29, 0.717) is 12.1 Å². The molecular weight excluding hydrogens is 216 g/mol. The summed E-state index contributed by atoms with van der Waals surface area (Å²) < 4.78 is 2.04. The van der Waals surface area contributed by atoms with E-state index >= 15 is 0 Å². The van der Waals surface area contributed by atoms with Crippen LogP contribution in [-0.4, -0.2) is 26.3 Å². The molecule has 17 heavy (non-hydrogen) atoms. The van der Waals surface area contributed by atoms with Gasteiger partial charge in [0.25, 0.3) is 0 Å². The molecule has 0 N–H and O–H groups in total. The Morgan fingerprint density at radius 3 is 3.00 bits per heavy atom. The summed E-state index contributed by atoms with van der Waals surface area (Å²) in [6.07, 6.45) is 3.34. The Balaban J connectivity index is 1.84. The van der Waals surface area contributed by atoms with Gasteiger partial charge in [0.15, 0.2) is 5.82 Å². The molecule has 2 aromatic heterocycles. The second kappa shape index (κ2) is 3.87. The second-order valence-corrected chi connectivity index (χ2v) is 3.88. The summed E-state index contributed by atoms with van der Waals surface area (Å²) >= 11 is 0. The van der Waals surface area contributed by atoms with E-state index in [0.717, 1.165) is 24.7 Å². The number of pyridine rings is 1. The lowest BCUT2D eigenvalue weighted by molar-refractivity contribution is 0.556. The first-order chi connectivity index (χ1) is 8.36. The van der Waals surface area contributed by atoms with Crippen molar-refractivity contribution in [3.05, 3.63) is 36.0 Å². The molecule has 0 unspecified atom stereocenters. The Morgan fingerprint density at radius 2 is 2.24 bits per heavy atom. The molecule has 0 bridgehead atoms. The summed E-state index contributed by atoms with van der Waals surface area (Å²) in [6.45, 7) is 2.45. The van der Waals surface area contributed by atoms with Gasteiger partial charge in [-0.05, 0) is 12.1 Å². The minimum Gasteiger partial charge on any atom is -0.347 e. The number of rotatable bonds is 1. The third-order valence-corrected chi connectivity index (χ3v) is 2.84. The summed E-state index contributed by atoms with van der Waals surface area (Å²) in [5.41, 5.74) is 0.578. The maximum Gasteiger partial charge on any atom is 0.152 e. The molecule has 3 rings (SSSR count). The van der Waals surface area contributed by atoms with Gasteiger partial charge in [0.2, 0.25) is 0 Å². The molecule has 0 aliphatic carbocycles. The highest BCUT2D eigenvalue weighted by Crippen LogP contribution is 2.17. The van der Waals surface area contributed by atoms with Crippen LogP contribution in [0.5, 0.6) is 0 Å². The first kappa shape index (κ1) is 9.78. The highest BCUT2D eigenvalue weighted by Gasteiger charge is 2.18. The number of aromatic nitrogens is 4. The molecule has 0 saturated carbocycles. The Hall–Kier alpha value is -2.42. The summed E-state index contributed by atoms with van der Waals surface area (Å²) in [5.74, 6) is 1.82. The molecular formula is C11H10N6. The number of nitriles is 1. The van der Waals surface area contributed by atoms with Crippen LogP contribution in [0.2, 0.25) is 0 Å². The average molecular weight is 226 g/mol. The predicted octanol–water partition coefficient (Wildman–Crippen LogP) is 0.565. The minimum absolute atomic E-state index is 0.578. The van der Waals surface area contributed by atoms with Gasteiger partial charge in [0, 0.05) is 19.3 Å². The van der Waals surface area contributed by atoms with Crippen LogP contribution in [0.1, 0.15) is 11.4 Å². The monoisotopic (exact) mass is 226 g/mol. The zero-order chi connectivity index (χ0) is 11.7. The lowest BCUT2D eigenvalue weighted by Crippen LogP contribution is -2.34. The van der Waals surface area contributed by atoms with E-state index in [9.17, 15) is 0 Å². The van der Waals surface area contributed by atoms with E-state index in [-0.39, 0.29) is 0 Å². The van der Waals surface area contributed by atoms with Gasteiger partial charge < -0.3 is 9.47 Å². The van der Waals surface area contributed by atoms with Crippen molar-refractivity contribution in [2.75, 3.05) is 11.4 Å². The van der Waals surface area contributed by atoms with E-state index in [1.54, 1.807) is 18.6 Å². The van der Waals surface area contributed by atoms with E-state index in [2.05, 4.69) is 26.2 Å². The highest BCUT2D eigenvalue weighted by molar-refractivity contribution is 5.42. The summed E-state index contributed by atoms with van der Waals surface area (Å²) in [5, 5.41) is 16.7. The molecule has 84 valence electrons. The molecule has 1 aliphatic rings. The maximum absolute atomic E-state index is 8.72. The third kappa shape index (κ3) is 1.72. The fraction of sp³-hybridized carbons (Fsp3) is 0.273. The fourth-order valence-electron chi connectivity index (χ4n) is 1.90. The quantitative estimate of drug-likeness (QED) is 0.710. The molecule has 6 heteroatoms. The van der Waals surface area contributed by atoms with E-state index in [1.807, 2.05) is 10.6 Å². The van der Waals surface area contributed by atoms with Crippen molar-refractivity contribution in [2.45, 2.75) is 13.1 Å². The van der Waals surface area contributed by atoms with Crippen molar-refractivity contribution in [1.82, 2.24) is 19.7 Å². The van der Waals surface area contributed by atoms with Crippen LogP contribution in [0.4, 0.5) is 5.82 Å². The van der Waals surface area contributed by atoms with E-state index in [4.69, 9.17) is 5.26 Å². The number of fused-ring (bicyclic) bond motifs is 1. The van der Waals surface area contributed by atoms with Crippen LogP contribution in [-0.2, 0) is 13.1 Å². The average Bonchev–Trinajstić information content (AvgIpc) is 2.86. The molecule has 0 saturated heterocycles. The third-order valence-electron chi connectivity index (χ3n) is 2.84. The number of hydrogen-bond acceptors (Lipinski definition) is 5. The molecule has 0 fully saturated rings. The molecule has 1 aliphatic heterocycles. The van der Waals surface area contributed by atoms with Crippen LogP contribution in [0.3, 0.4) is 0 Å². The van der Waals surface area contributed by atoms with Crippen LogP contribution < -0.4 is 4.90 Å². The van der Waals surface area contributed by atoms with Crippen LogP contribution in [0, 0.1) is 11.3 Å². The topological polar surface area (TPSA) is 70.6 Å². The van der Waals surface area contributed by atoms with Crippen molar-refractivity contribution >= 4 is 5.82 Å². The first-order valence-electron chi connectivity index (χ1n) is 5.34. The minimum atomic E-state index is 0.578. The molecule has 0 aromatic carbocycles. The van der Waals surface area contributed by atoms with E-state index < -0.39 is 0 Å². The first-order valence-corrected chi connectivity index (χ1v) is 5.34. The van der Waals surface area contributed by atoms with Crippen LogP contribution in [0.25, 0.3) is 0 Å². The highest BCUT2D eigenvalue weighted by atomic mass is 15.3. The Kier molecular flexibility index (Phi) is 2.22. The van der Waals surface area contributed by atoms with Crippen molar-refractivity contribution < 1.29 is 0 Å². The molecule has 0 amide bonds. The Morgan fingerprint density at radius 1 is 1.29 bits per heavy atom. The van der Waals surface area contributed by atoms with Gasteiger partial charge in [-0.1, -0.05) is 0 Å². The van der Waals surface area contributed by atoms with Gasteiger partial charge in [-0.3, -0.25) is 0 Å². The lowest BCUT2D eigenvalue weighted by Gasteiger charge is -2.27. The molecule has 0 spiro atoms. The maximum atomic E-state index is 8.72. The zero-order valence-corrected chi connectivity index (χ0v) is 9.11. The predicted molar refractivity (Wildman–Crippen MR) is 60.0 cm³/mol. The smallest absolute Gasteiger partial charge is 0.152 e. The van der Waals surface area contributed by atoms with Crippen molar-refractivity contribution in [3.63, 3.8) is 0 Å². The number of nitrogens with zero attached hydrogens (tertiary/aromatic N) is 6. The van der Waals surface area contributed by atoms with Gasteiger partial charge in [-0.2, -0.15) is 5.26 Å². The molecule has 3 heterocycles. The fourth-order valence-corrected chi connectivity index (χ4v) is 1.90. The normalized spacial score (nSPS) is 14.2. The summed E-state index contributed by atoms with van der Waals surface area (Å²) in [7, 11) is 0. The van der Waals surface area contributed by atoms with Gasteiger partial charge >= 0.3 is 0 Å².